The zero-order chi connectivity index (χ0) is 22.1. The van der Waals surface area contributed by atoms with Gasteiger partial charge in [0.15, 0.2) is 11.5 Å². The van der Waals surface area contributed by atoms with Gasteiger partial charge in [-0.1, -0.05) is 30.3 Å². The third-order valence-electron chi connectivity index (χ3n) is 4.14. The third kappa shape index (κ3) is 4.64. The van der Waals surface area contributed by atoms with Crippen LogP contribution in [-0.2, 0) is 15.7 Å². The highest BCUT2D eigenvalue weighted by Gasteiger charge is 2.38. The second-order valence-electron chi connectivity index (χ2n) is 7.56. The Bertz CT molecular complexity index is 1130. The van der Waals surface area contributed by atoms with Crippen LogP contribution >= 0.6 is 0 Å². The fourth-order valence-electron chi connectivity index (χ4n) is 2.92. The summed E-state index contributed by atoms with van der Waals surface area (Å²) in [4.78, 5) is 25.3. The van der Waals surface area contributed by atoms with Crippen molar-refractivity contribution >= 4 is 17.1 Å². The Morgan fingerprint density at radius 2 is 1.60 bits per heavy atom. The molecule has 8 heteroatoms. The molecule has 0 bridgehead atoms. The molecule has 0 spiro atoms. The van der Waals surface area contributed by atoms with E-state index in [1.807, 2.05) is 0 Å². The number of rotatable bonds is 3. The highest BCUT2D eigenvalue weighted by atomic mass is 19.4. The van der Waals surface area contributed by atoms with E-state index in [0.717, 1.165) is 18.4 Å². The monoisotopic (exact) mass is 420 g/mol. The van der Waals surface area contributed by atoms with Crippen molar-refractivity contribution < 1.29 is 31.9 Å². The molecule has 0 aliphatic carbocycles. The average molecular weight is 420 g/mol. The Hall–Kier alpha value is -3.29. The summed E-state index contributed by atoms with van der Waals surface area (Å²) in [5, 5.41) is 0.150. The number of carbonyl (C=O) groups is 1. The number of ether oxygens (including phenoxy) is 2. The molecule has 0 aliphatic rings. The van der Waals surface area contributed by atoms with E-state index >= 15 is 0 Å². The number of hydrogen-bond donors (Lipinski definition) is 0. The predicted octanol–water partition coefficient (Wildman–Crippen LogP) is 5.85. The lowest BCUT2D eigenvalue weighted by atomic mass is 9.96. The fourth-order valence-corrected chi connectivity index (χ4v) is 2.92. The molecule has 30 heavy (non-hydrogen) atoms. The number of benzene rings is 2. The molecular formula is C22H19F3O5. The largest absolute Gasteiger partial charge is 0.509 e. The molecule has 3 rings (SSSR count). The minimum atomic E-state index is -4.73. The summed E-state index contributed by atoms with van der Waals surface area (Å²) in [6.45, 7) is 4.74. The first-order valence-corrected chi connectivity index (χ1v) is 9.03. The van der Waals surface area contributed by atoms with Crippen molar-refractivity contribution in [1.82, 2.24) is 0 Å². The van der Waals surface area contributed by atoms with E-state index in [4.69, 9.17) is 13.9 Å². The van der Waals surface area contributed by atoms with Gasteiger partial charge in [-0.2, -0.15) is 13.2 Å². The molecule has 0 radical (unpaired) electrons. The Morgan fingerprint density at radius 1 is 0.967 bits per heavy atom. The molecule has 0 aliphatic heterocycles. The van der Waals surface area contributed by atoms with Gasteiger partial charge in [-0.25, -0.2) is 4.79 Å². The van der Waals surface area contributed by atoms with Crippen LogP contribution in [0.2, 0.25) is 0 Å². The fraction of sp³-hybridized carbons (Fsp3) is 0.273. The maximum absolute atomic E-state index is 13.6. The van der Waals surface area contributed by atoms with Crippen LogP contribution in [0, 0.1) is 0 Å². The molecule has 1 atom stereocenters. The molecule has 0 N–H and O–H groups in total. The zero-order valence-corrected chi connectivity index (χ0v) is 16.4. The van der Waals surface area contributed by atoms with Gasteiger partial charge in [0.25, 0.3) is 0 Å². The first-order chi connectivity index (χ1) is 14.0. The van der Waals surface area contributed by atoms with E-state index in [2.05, 4.69) is 0 Å². The molecule has 3 aromatic rings. The smallest absolute Gasteiger partial charge is 0.464 e. The van der Waals surface area contributed by atoms with Crippen LogP contribution < -0.4 is 5.43 Å². The van der Waals surface area contributed by atoms with Gasteiger partial charge in [0.1, 0.15) is 17.4 Å². The zero-order valence-electron chi connectivity index (χ0n) is 16.4. The van der Waals surface area contributed by atoms with E-state index in [9.17, 15) is 22.8 Å². The summed E-state index contributed by atoms with van der Waals surface area (Å²) in [5.74, 6) is 0. The van der Waals surface area contributed by atoms with Crippen molar-refractivity contribution in [2.24, 2.45) is 0 Å². The number of para-hydroxylation sites is 1. The topological polar surface area (TPSA) is 65.7 Å². The molecule has 5 nitrogen and oxygen atoms in total. The quantitative estimate of drug-likeness (QED) is 0.497. The van der Waals surface area contributed by atoms with Gasteiger partial charge < -0.3 is 13.9 Å². The van der Waals surface area contributed by atoms with Crippen molar-refractivity contribution in [3.05, 3.63) is 81.7 Å². The molecule has 158 valence electrons. The van der Waals surface area contributed by atoms with E-state index in [-0.39, 0.29) is 16.5 Å². The molecule has 0 amide bonds. The van der Waals surface area contributed by atoms with Crippen LogP contribution in [0.5, 0.6) is 0 Å². The molecule has 0 fully saturated rings. The second kappa shape index (κ2) is 7.85. The Kier molecular flexibility index (Phi) is 5.61. The number of fused-ring (bicyclic) bond motifs is 1. The lowest BCUT2D eigenvalue weighted by molar-refractivity contribution is -0.139. The third-order valence-corrected chi connectivity index (χ3v) is 4.14. The Morgan fingerprint density at radius 3 is 2.27 bits per heavy atom. The molecule has 0 saturated carbocycles. The maximum atomic E-state index is 13.6. The summed E-state index contributed by atoms with van der Waals surface area (Å²) < 4.78 is 56.6. The Balaban J connectivity index is 2.19. The maximum Gasteiger partial charge on any atom is 0.509 e. The SMILES string of the molecule is CC(C)(C)OC(=O)OC(c1ccccc1C(F)(F)F)c1coc2ccccc2c1=O. The molecule has 1 unspecified atom stereocenters. The first-order valence-electron chi connectivity index (χ1n) is 9.03. The van der Waals surface area contributed by atoms with Crippen molar-refractivity contribution in [3.8, 4) is 0 Å². The van der Waals surface area contributed by atoms with Crippen LogP contribution in [0.1, 0.15) is 43.6 Å². The van der Waals surface area contributed by atoms with Gasteiger partial charge in [0.2, 0.25) is 0 Å². The summed E-state index contributed by atoms with van der Waals surface area (Å²) >= 11 is 0. The van der Waals surface area contributed by atoms with Gasteiger partial charge in [-0.05, 0) is 39.0 Å². The molecule has 2 aromatic carbocycles. The number of hydrogen-bond acceptors (Lipinski definition) is 5. The summed E-state index contributed by atoms with van der Waals surface area (Å²) in [5.41, 5.74) is -2.99. The van der Waals surface area contributed by atoms with Crippen molar-refractivity contribution in [3.63, 3.8) is 0 Å². The van der Waals surface area contributed by atoms with E-state index in [0.29, 0.717) is 0 Å². The highest BCUT2D eigenvalue weighted by Crippen LogP contribution is 2.38. The highest BCUT2D eigenvalue weighted by molar-refractivity contribution is 5.77. The summed E-state index contributed by atoms with van der Waals surface area (Å²) in [7, 11) is 0. The molecule has 1 heterocycles. The van der Waals surface area contributed by atoms with Gasteiger partial charge in [-0.3, -0.25) is 4.79 Å². The number of carbonyl (C=O) groups excluding carboxylic acids is 1. The molecular weight excluding hydrogens is 401 g/mol. The van der Waals surface area contributed by atoms with E-state index in [1.165, 1.54) is 18.2 Å². The van der Waals surface area contributed by atoms with Gasteiger partial charge >= 0.3 is 12.3 Å². The summed E-state index contributed by atoms with van der Waals surface area (Å²) in [6.07, 6.45) is -6.62. The minimum absolute atomic E-state index is 0.150. The van der Waals surface area contributed by atoms with Crippen LogP contribution in [0.15, 0.2) is 64.0 Å². The predicted molar refractivity (Wildman–Crippen MR) is 103 cm³/mol. The van der Waals surface area contributed by atoms with Crippen molar-refractivity contribution in [1.29, 1.82) is 0 Å². The lowest BCUT2D eigenvalue weighted by Crippen LogP contribution is -2.28. The van der Waals surface area contributed by atoms with Gasteiger partial charge in [0, 0.05) is 5.56 Å². The number of halogens is 3. The van der Waals surface area contributed by atoms with Crippen LogP contribution in [0.3, 0.4) is 0 Å². The second-order valence-corrected chi connectivity index (χ2v) is 7.56. The Labute approximate surface area is 170 Å². The van der Waals surface area contributed by atoms with Crippen molar-refractivity contribution in [2.75, 3.05) is 0 Å². The first kappa shape index (κ1) is 21.4. The normalized spacial score (nSPS) is 13.1. The average Bonchev–Trinajstić information content (AvgIpc) is 2.65. The number of alkyl halides is 3. The van der Waals surface area contributed by atoms with Crippen LogP contribution in [-0.4, -0.2) is 11.8 Å². The van der Waals surface area contributed by atoms with Crippen molar-refractivity contribution in [2.45, 2.75) is 38.7 Å². The van der Waals surface area contributed by atoms with Crippen LogP contribution in [0.25, 0.3) is 11.0 Å². The lowest BCUT2D eigenvalue weighted by Gasteiger charge is -2.24. The van der Waals surface area contributed by atoms with Crippen LogP contribution in [0.4, 0.5) is 18.0 Å². The van der Waals surface area contributed by atoms with Gasteiger partial charge in [0.05, 0.1) is 16.5 Å². The summed E-state index contributed by atoms with van der Waals surface area (Å²) in [6, 6.07) is 10.8. The molecule has 1 aromatic heterocycles. The molecule has 0 saturated heterocycles. The minimum Gasteiger partial charge on any atom is -0.464 e. The van der Waals surface area contributed by atoms with Gasteiger partial charge in [-0.15, -0.1) is 0 Å². The van der Waals surface area contributed by atoms with E-state index < -0.39 is 40.6 Å². The standard InChI is InChI=1S/C22H19F3O5/c1-21(2,3)30-20(27)29-19(13-8-4-6-10-16(13)22(23,24)25)15-12-28-17-11-7-5-9-14(17)18(15)26/h4-12,19H,1-3H3. The van der Waals surface area contributed by atoms with E-state index in [1.54, 1.807) is 39.0 Å².